The highest BCUT2D eigenvalue weighted by Crippen LogP contribution is 2.28. The Labute approximate surface area is 107 Å². The summed E-state index contributed by atoms with van der Waals surface area (Å²) in [7, 11) is 0. The molecule has 0 fully saturated rings. The molecule has 0 saturated heterocycles. The van der Waals surface area contributed by atoms with Crippen LogP contribution in [0.25, 0.3) is 16.8 Å². The molecule has 0 N–H and O–H groups in total. The predicted octanol–water partition coefficient (Wildman–Crippen LogP) is 3.85. The highest BCUT2D eigenvalue weighted by atomic mass is 15.0. The summed E-state index contributed by atoms with van der Waals surface area (Å²) >= 11 is 0. The number of aromatic nitrogens is 2. The van der Waals surface area contributed by atoms with Gasteiger partial charge >= 0.3 is 0 Å². The van der Waals surface area contributed by atoms with E-state index in [1.165, 1.54) is 22.4 Å². The van der Waals surface area contributed by atoms with Gasteiger partial charge in [-0.05, 0) is 18.1 Å². The molecule has 0 atom stereocenters. The van der Waals surface area contributed by atoms with Crippen LogP contribution < -0.4 is 0 Å². The summed E-state index contributed by atoms with van der Waals surface area (Å²) in [6.45, 7) is 2.13. The Morgan fingerprint density at radius 2 is 1.78 bits per heavy atom. The minimum Gasteiger partial charge on any atom is -0.305 e. The Hall–Kier alpha value is -2.35. The average Bonchev–Trinajstić information content (AvgIpc) is 2.93. The fraction of sp³-hybridized carbons (Fsp3) is 0.0625. The van der Waals surface area contributed by atoms with E-state index >= 15 is 0 Å². The van der Waals surface area contributed by atoms with Crippen molar-refractivity contribution < 1.29 is 0 Å². The highest BCUT2D eigenvalue weighted by molar-refractivity contribution is 5.74. The lowest BCUT2D eigenvalue weighted by molar-refractivity contribution is 1.04. The van der Waals surface area contributed by atoms with Crippen LogP contribution in [-0.4, -0.2) is 9.55 Å². The van der Waals surface area contributed by atoms with Gasteiger partial charge in [-0.1, -0.05) is 48.5 Å². The van der Waals surface area contributed by atoms with Gasteiger partial charge in [-0.2, -0.15) is 0 Å². The third-order valence-electron chi connectivity index (χ3n) is 3.09. The second-order valence-electron chi connectivity index (χ2n) is 4.31. The van der Waals surface area contributed by atoms with Crippen LogP contribution in [-0.2, 0) is 0 Å². The zero-order chi connectivity index (χ0) is 12.4. The zero-order valence-corrected chi connectivity index (χ0v) is 10.2. The third-order valence-corrected chi connectivity index (χ3v) is 3.09. The second-order valence-corrected chi connectivity index (χ2v) is 4.31. The second kappa shape index (κ2) is 4.49. The van der Waals surface area contributed by atoms with Crippen molar-refractivity contribution in [2.24, 2.45) is 0 Å². The molecule has 0 spiro atoms. The molecular weight excluding hydrogens is 220 g/mol. The summed E-state index contributed by atoms with van der Waals surface area (Å²) < 4.78 is 2.07. The quantitative estimate of drug-likeness (QED) is 0.658. The first-order valence-corrected chi connectivity index (χ1v) is 5.99. The Morgan fingerprint density at radius 1 is 0.944 bits per heavy atom. The van der Waals surface area contributed by atoms with Crippen LogP contribution in [0.15, 0.2) is 67.3 Å². The van der Waals surface area contributed by atoms with E-state index in [2.05, 4.69) is 58.9 Å². The molecule has 0 aliphatic heterocycles. The van der Waals surface area contributed by atoms with Crippen molar-refractivity contribution in [2.45, 2.75) is 6.92 Å². The van der Waals surface area contributed by atoms with E-state index in [-0.39, 0.29) is 0 Å². The summed E-state index contributed by atoms with van der Waals surface area (Å²) in [5, 5.41) is 0. The van der Waals surface area contributed by atoms with Gasteiger partial charge in [0.1, 0.15) is 0 Å². The molecule has 1 aromatic heterocycles. The first kappa shape index (κ1) is 10.8. The van der Waals surface area contributed by atoms with Gasteiger partial charge in [0.25, 0.3) is 0 Å². The number of benzene rings is 2. The van der Waals surface area contributed by atoms with Crippen LogP contribution in [0.1, 0.15) is 5.56 Å². The predicted molar refractivity (Wildman–Crippen MR) is 73.7 cm³/mol. The smallest absolute Gasteiger partial charge is 0.0991 e. The van der Waals surface area contributed by atoms with Crippen LogP contribution in [0.3, 0.4) is 0 Å². The van der Waals surface area contributed by atoms with Gasteiger partial charge in [0.2, 0.25) is 0 Å². The van der Waals surface area contributed by atoms with Gasteiger partial charge in [-0.25, -0.2) is 4.98 Å². The molecule has 2 nitrogen and oxygen atoms in total. The van der Waals surface area contributed by atoms with Gasteiger partial charge < -0.3 is 4.57 Å². The standard InChI is InChI=1S/C16H14N2/c1-13-6-5-9-15(14-7-3-2-4-8-14)16(13)18-11-10-17-12-18/h2-12H,1H3. The number of imidazole rings is 1. The van der Waals surface area contributed by atoms with Crippen LogP contribution in [0.2, 0.25) is 0 Å². The Kier molecular flexibility index (Phi) is 2.69. The maximum Gasteiger partial charge on any atom is 0.0991 e. The Bertz CT molecular complexity index is 640. The van der Waals surface area contributed by atoms with Crippen molar-refractivity contribution >= 4 is 0 Å². The number of rotatable bonds is 2. The average molecular weight is 234 g/mol. The summed E-state index contributed by atoms with van der Waals surface area (Å²) in [6, 6.07) is 16.8. The number of aryl methyl sites for hydroxylation is 1. The van der Waals surface area contributed by atoms with Gasteiger partial charge in [0.05, 0.1) is 12.0 Å². The van der Waals surface area contributed by atoms with E-state index in [0.717, 1.165) is 0 Å². The minimum absolute atomic E-state index is 1.20. The Morgan fingerprint density at radius 3 is 2.50 bits per heavy atom. The zero-order valence-electron chi connectivity index (χ0n) is 10.2. The lowest BCUT2D eigenvalue weighted by Crippen LogP contribution is -1.97. The van der Waals surface area contributed by atoms with E-state index in [4.69, 9.17) is 0 Å². The van der Waals surface area contributed by atoms with Crippen molar-refractivity contribution in [3.8, 4) is 16.8 Å². The van der Waals surface area contributed by atoms with E-state index in [1.807, 2.05) is 18.6 Å². The molecule has 0 bridgehead atoms. The first-order chi connectivity index (χ1) is 8.86. The number of nitrogens with zero attached hydrogens (tertiary/aromatic N) is 2. The lowest BCUT2D eigenvalue weighted by Gasteiger charge is -2.13. The molecular formula is C16H14N2. The monoisotopic (exact) mass is 234 g/mol. The van der Waals surface area contributed by atoms with Crippen molar-refractivity contribution in [1.82, 2.24) is 9.55 Å². The van der Waals surface area contributed by atoms with Crippen molar-refractivity contribution in [3.63, 3.8) is 0 Å². The van der Waals surface area contributed by atoms with Gasteiger partial charge in [0.15, 0.2) is 0 Å². The fourth-order valence-electron chi connectivity index (χ4n) is 2.24. The normalized spacial score (nSPS) is 10.5. The summed E-state index contributed by atoms with van der Waals surface area (Å²) in [4.78, 5) is 4.14. The maximum absolute atomic E-state index is 4.14. The van der Waals surface area contributed by atoms with Crippen LogP contribution in [0.4, 0.5) is 0 Å². The maximum atomic E-state index is 4.14. The van der Waals surface area contributed by atoms with Crippen LogP contribution >= 0.6 is 0 Å². The van der Waals surface area contributed by atoms with Crippen LogP contribution in [0.5, 0.6) is 0 Å². The third kappa shape index (κ3) is 1.82. The topological polar surface area (TPSA) is 17.8 Å². The molecule has 0 unspecified atom stereocenters. The molecule has 2 heteroatoms. The van der Waals surface area contributed by atoms with Crippen molar-refractivity contribution in [3.05, 3.63) is 72.8 Å². The molecule has 1 heterocycles. The fourth-order valence-corrected chi connectivity index (χ4v) is 2.24. The SMILES string of the molecule is Cc1cccc(-c2ccccc2)c1-n1ccnc1. The summed E-state index contributed by atoms with van der Waals surface area (Å²) in [6.07, 6.45) is 5.63. The summed E-state index contributed by atoms with van der Waals surface area (Å²) in [5.74, 6) is 0. The highest BCUT2D eigenvalue weighted by Gasteiger charge is 2.08. The van der Waals surface area contributed by atoms with E-state index in [0.29, 0.717) is 0 Å². The molecule has 0 aliphatic rings. The minimum atomic E-state index is 1.20. The largest absolute Gasteiger partial charge is 0.305 e. The van der Waals surface area contributed by atoms with E-state index in [1.54, 1.807) is 6.20 Å². The molecule has 0 radical (unpaired) electrons. The van der Waals surface area contributed by atoms with Crippen molar-refractivity contribution in [2.75, 3.05) is 0 Å². The van der Waals surface area contributed by atoms with Crippen LogP contribution in [0, 0.1) is 6.92 Å². The molecule has 3 rings (SSSR count). The van der Waals surface area contributed by atoms with Gasteiger partial charge in [0, 0.05) is 18.0 Å². The molecule has 0 saturated carbocycles. The Balaban J connectivity index is 2.25. The van der Waals surface area contributed by atoms with E-state index < -0.39 is 0 Å². The first-order valence-electron chi connectivity index (χ1n) is 5.99. The van der Waals surface area contributed by atoms with Gasteiger partial charge in [-0.15, -0.1) is 0 Å². The molecule has 88 valence electrons. The lowest BCUT2D eigenvalue weighted by atomic mass is 10.0. The molecule has 2 aromatic carbocycles. The molecule has 0 aliphatic carbocycles. The number of hydrogen-bond acceptors (Lipinski definition) is 1. The molecule has 0 amide bonds. The van der Waals surface area contributed by atoms with Gasteiger partial charge in [-0.3, -0.25) is 0 Å². The summed E-state index contributed by atoms with van der Waals surface area (Å²) in [5.41, 5.74) is 4.90. The number of para-hydroxylation sites is 1. The molecule has 18 heavy (non-hydrogen) atoms. The molecule has 3 aromatic rings. The van der Waals surface area contributed by atoms with Crippen molar-refractivity contribution in [1.29, 1.82) is 0 Å². The van der Waals surface area contributed by atoms with E-state index in [9.17, 15) is 0 Å². The number of hydrogen-bond donors (Lipinski definition) is 0.